The number of aromatic amines is 1. The van der Waals surface area contributed by atoms with E-state index in [2.05, 4.69) is 23.0 Å². The van der Waals surface area contributed by atoms with Crippen molar-refractivity contribution < 1.29 is 9.53 Å². The quantitative estimate of drug-likeness (QED) is 0.772. The maximum Gasteiger partial charge on any atom is 0.410 e. The number of amides is 1. The zero-order valence-electron chi connectivity index (χ0n) is 16.1. The van der Waals surface area contributed by atoms with Gasteiger partial charge in [0, 0.05) is 17.7 Å². The number of carbonyl (C=O) groups excluding carboxylic acids is 1. The Morgan fingerprint density at radius 2 is 2.19 bits per heavy atom. The lowest BCUT2D eigenvalue weighted by molar-refractivity contribution is 0.0218. The number of aryl methyl sites for hydroxylation is 2. The highest BCUT2D eigenvalue weighted by molar-refractivity contribution is 5.71. The van der Waals surface area contributed by atoms with Crippen LogP contribution in [0.15, 0.2) is 18.2 Å². The molecule has 4 rings (SSSR count). The lowest BCUT2D eigenvalue weighted by Crippen LogP contribution is -2.36. The zero-order chi connectivity index (χ0) is 19.2. The summed E-state index contributed by atoms with van der Waals surface area (Å²) < 4.78 is 5.58. The third kappa shape index (κ3) is 3.32. The van der Waals surface area contributed by atoms with Crippen molar-refractivity contribution in [2.24, 2.45) is 0 Å². The molecular weight excluding hydrogens is 338 g/mol. The fourth-order valence-corrected chi connectivity index (χ4v) is 3.97. The topological polar surface area (TPSA) is 58.2 Å². The molecule has 2 heterocycles. The molecule has 1 aliphatic heterocycles. The molecule has 0 saturated carbocycles. The monoisotopic (exact) mass is 363 g/mol. The molecule has 1 fully saturated rings. The second-order valence-electron chi connectivity index (χ2n) is 8.29. The first-order valence-corrected chi connectivity index (χ1v) is 9.54. The molecule has 140 valence electrons. The first-order chi connectivity index (χ1) is 12.9. The minimum absolute atomic E-state index is 0.0566. The average Bonchev–Trinajstić information content (AvgIpc) is 3.26. The van der Waals surface area contributed by atoms with Crippen molar-refractivity contribution in [3.8, 4) is 23.6 Å². The van der Waals surface area contributed by atoms with E-state index < -0.39 is 5.60 Å². The molecule has 1 saturated heterocycles. The standard InChI is InChI=1S/C22H25N3O2/c1-5-14-8-10-16-15(13-14)9-11-17-19(16)24-20(23-17)18-7-6-12-25(18)21(26)27-22(2,3)4/h1,8,10,13,18H,6-7,9,11-12H2,2-4H3,(H,23,24). The van der Waals surface area contributed by atoms with E-state index in [1.807, 2.05) is 26.8 Å². The van der Waals surface area contributed by atoms with Crippen molar-refractivity contribution in [2.75, 3.05) is 6.54 Å². The number of nitrogens with zero attached hydrogens (tertiary/aromatic N) is 2. The smallest absolute Gasteiger partial charge is 0.410 e. The molecular formula is C22H25N3O2. The number of ether oxygens (including phenoxy) is 1. The summed E-state index contributed by atoms with van der Waals surface area (Å²) in [5, 5.41) is 0. The summed E-state index contributed by atoms with van der Waals surface area (Å²) >= 11 is 0. The number of carbonyl (C=O) groups is 1. The maximum absolute atomic E-state index is 12.6. The number of terminal acetylenes is 1. The minimum Gasteiger partial charge on any atom is -0.444 e. The van der Waals surface area contributed by atoms with E-state index in [0.717, 1.165) is 54.0 Å². The molecule has 2 aromatic rings. The van der Waals surface area contributed by atoms with Crippen molar-refractivity contribution in [3.05, 3.63) is 40.8 Å². The molecule has 1 aliphatic carbocycles. The maximum atomic E-state index is 12.6. The van der Waals surface area contributed by atoms with E-state index in [-0.39, 0.29) is 12.1 Å². The number of benzene rings is 1. The van der Waals surface area contributed by atoms with Crippen LogP contribution in [0.4, 0.5) is 4.79 Å². The summed E-state index contributed by atoms with van der Waals surface area (Å²) in [5.74, 6) is 3.56. The first-order valence-electron chi connectivity index (χ1n) is 9.54. The van der Waals surface area contributed by atoms with Gasteiger partial charge in [0.2, 0.25) is 0 Å². The van der Waals surface area contributed by atoms with Crippen LogP contribution in [0.5, 0.6) is 0 Å². The van der Waals surface area contributed by atoms with Gasteiger partial charge < -0.3 is 9.72 Å². The van der Waals surface area contributed by atoms with Crippen LogP contribution in [0.3, 0.4) is 0 Å². The van der Waals surface area contributed by atoms with Gasteiger partial charge in [-0.15, -0.1) is 6.42 Å². The summed E-state index contributed by atoms with van der Waals surface area (Å²) in [6.45, 7) is 6.38. The molecule has 0 bridgehead atoms. The van der Waals surface area contributed by atoms with Gasteiger partial charge in [0.25, 0.3) is 0 Å². The number of fused-ring (bicyclic) bond motifs is 3. The predicted octanol–water partition coefficient (Wildman–Crippen LogP) is 4.23. The summed E-state index contributed by atoms with van der Waals surface area (Å²) in [4.78, 5) is 22.8. The van der Waals surface area contributed by atoms with Crippen molar-refractivity contribution >= 4 is 6.09 Å². The Morgan fingerprint density at radius 3 is 2.93 bits per heavy atom. The average molecular weight is 363 g/mol. The van der Waals surface area contributed by atoms with Crippen LogP contribution in [-0.2, 0) is 17.6 Å². The second kappa shape index (κ2) is 6.45. The second-order valence-corrected chi connectivity index (χ2v) is 8.29. The Balaban J connectivity index is 1.64. The van der Waals surface area contributed by atoms with E-state index in [0.29, 0.717) is 6.54 Å². The number of hydrogen-bond acceptors (Lipinski definition) is 3. The molecule has 1 atom stereocenters. The minimum atomic E-state index is -0.500. The Morgan fingerprint density at radius 1 is 1.37 bits per heavy atom. The largest absolute Gasteiger partial charge is 0.444 e. The van der Waals surface area contributed by atoms with E-state index in [9.17, 15) is 4.79 Å². The van der Waals surface area contributed by atoms with Crippen LogP contribution in [0.2, 0.25) is 0 Å². The SMILES string of the molecule is C#Cc1ccc2c(c1)CCc1nc(C3CCCN3C(=O)OC(C)(C)C)[nH]c1-2. The summed E-state index contributed by atoms with van der Waals surface area (Å²) in [6.07, 6.45) is 8.93. The number of H-pyrrole nitrogens is 1. The summed E-state index contributed by atoms with van der Waals surface area (Å²) in [5.41, 5.74) is 4.95. The van der Waals surface area contributed by atoms with Crippen LogP contribution < -0.4 is 0 Å². The Labute approximate surface area is 160 Å². The van der Waals surface area contributed by atoms with Crippen LogP contribution in [0, 0.1) is 12.3 Å². The highest BCUT2D eigenvalue weighted by Crippen LogP contribution is 2.37. The molecule has 0 radical (unpaired) electrons. The van der Waals surface area contributed by atoms with Crippen molar-refractivity contribution in [3.63, 3.8) is 0 Å². The molecule has 1 amide bonds. The van der Waals surface area contributed by atoms with Gasteiger partial charge in [-0.3, -0.25) is 4.90 Å². The van der Waals surface area contributed by atoms with Crippen LogP contribution >= 0.6 is 0 Å². The number of imidazole rings is 1. The van der Waals surface area contributed by atoms with Gasteiger partial charge >= 0.3 is 6.09 Å². The zero-order valence-corrected chi connectivity index (χ0v) is 16.1. The van der Waals surface area contributed by atoms with Gasteiger partial charge in [0.05, 0.1) is 17.4 Å². The Kier molecular flexibility index (Phi) is 4.22. The molecule has 1 aromatic carbocycles. The number of rotatable bonds is 1. The number of likely N-dealkylation sites (tertiary alicyclic amines) is 1. The fourth-order valence-electron chi connectivity index (χ4n) is 3.97. The lowest BCUT2D eigenvalue weighted by atomic mass is 9.91. The molecule has 1 N–H and O–H groups in total. The molecule has 1 unspecified atom stereocenters. The van der Waals surface area contributed by atoms with Crippen LogP contribution in [0.25, 0.3) is 11.3 Å². The van der Waals surface area contributed by atoms with Crippen molar-refractivity contribution in [1.82, 2.24) is 14.9 Å². The highest BCUT2D eigenvalue weighted by atomic mass is 16.6. The summed E-state index contributed by atoms with van der Waals surface area (Å²) in [7, 11) is 0. The molecule has 1 aromatic heterocycles. The van der Waals surface area contributed by atoms with E-state index in [1.165, 1.54) is 5.56 Å². The number of hydrogen-bond donors (Lipinski definition) is 1. The van der Waals surface area contributed by atoms with Gasteiger partial charge in [-0.05, 0) is 64.2 Å². The van der Waals surface area contributed by atoms with Gasteiger partial charge in [-0.2, -0.15) is 0 Å². The number of nitrogens with one attached hydrogen (secondary N) is 1. The third-order valence-corrected chi connectivity index (χ3v) is 5.17. The van der Waals surface area contributed by atoms with Crippen LogP contribution in [-0.4, -0.2) is 33.1 Å². The van der Waals surface area contributed by atoms with Crippen molar-refractivity contribution in [1.29, 1.82) is 0 Å². The van der Waals surface area contributed by atoms with Crippen molar-refractivity contribution in [2.45, 2.75) is 58.1 Å². The molecule has 0 spiro atoms. The Hall–Kier alpha value is -2.74. The molecule has 2 aliphatic rings. The van der Waals surface area contributed by atoms with Crippen LogP contribution in [0.1, 0.15) is 62.3 Å². The van der Waals surface area contributed by atoms with E-state index in [4.69, 9.17) is 16.1 Å². The van der Waals surface area contributed by atoms with Gasteiger partial charge in [0.1, 0.15) is 11.4 Å². The van der Waals surface area contributed by atoms with Gasteiger partial charge in [-0.25, -0.2) is 9.78 Å². The Bertz CT molecular complexity index is 930. The van der Waals surface area contributed by atoms with E-state index >= 15 is 0 Å². The highest BCUT2D eigenvalue weighted by Gasteiger charge is 2.36. The summed E-state index contributed by atoms with van der Waals surface area (Å²) in [6, 6.07) is 6.07. The van der Waals surface area contributed by atoms with Gasteiger partial charge in [0.15, 0.2) is 0 Å². The fraction of sp³-hybridized carbons (Fsp3) is 0.455. The molecule has 5 nitrogen and oxygen atoms in total. The van der Waals surface area contributed by atoms with Gasteiger partial charge in [-0.1, -0.05) is 12.0 Å². The van der Waals surface area contributed by atoms with E-state index in [1.54, 1.807) is 4.90 Å². The lowest BCUT2D eigenvalue weighted by Gasteiger charge is -2.27. The molecule has 27 heavy (non-hydrogen) atoms. The number of aromatic nitrogens is 2. The first kappa shape index (κ1) is 17.7. The molecule has 5 heteroatoms. The third-order valence-electron chi connectivity index (χ3n) is 5.17. The predicted molar refractivity (Wildman–Crippen MR) is 104 cm³/mol. The normalized spacial score (nSPS) is 18.6.